The Labute approximate surface area is 115 Å². The third kappa shape index (κ3) is 3.12. The molecule has 20 heavy (non-hydrogen) atoms. The van der Waals surface area contributed by atoms with E-state index in [1.807, 2.05) is 6.92 Å². The van der Waals surface area contributed by atoms with Crippen LogP contribution in [-0.2, 0) is 13.2 Å². The number of nitro benzene ring substituents is 1. The molecule has 0 aliphatic rings. The Bertz CT molecular complexity index is 609. The third-order valence-electron chi connectivity index (χ3n) is 2.72. The summed E-state index contributed by atoms with van der Waals surface area (Å²) in [5.41, 5.74) is 0.0926. The quantitative estimate of drug-likeness (QED) is 0.647. The van der Waals surface area contributed by atoms with Gasteiger partial charge in [-0.15, -0.1) is 0 Å². The highest BCUT2D eigenvalue weighted by molar-refractivity contribution is 5.45. The minimum atomic E-state index is -0.533. The Hall–Kier alpha value is -2.41. The lowest BCUT2D eigenvalue weighted by Gasteiger charge is -2.05. The normalized spacial score (nSPS) is 10.5. The summed E-state index contributed by atoms with van der Waals surface area (Å²) in [7, 11) is 0. The fourth-order valence-corrected chi connectivity index (χ4v) is 1.81. The van der Waals surface area contributed by atoms with Crippen molar-refractivity contribution < 1.29 is 14.8 Å². The summed E-state index contributed by atoms with van der Waals surface area (Å²) in [6, 6.07) is 4.26. The van der Waals surface area contributed by atoms with Gasteiger partial charge in [-0.2, -0.15) is 5.10 Å². The smallest absolute Gasteiger partial charge is 0.275 e. The van der Waals surface area contributed by atoms with E-state index in [2.05, 4.69) is 5.10 Å². The highest BCUT2D eigenvalue weighted by Crippen LogP contribution is 2.27. The van der Waals surface area contributed by atoms with Gasteiger partial charge < -0.3 is 9.84 Å². The van der Waals surface area contributed by atoms with Gasteiger partial charge in [0.05, 0.1) is 29.5 Å². The van der Waals surface area contributed by atoms with Crippen molar-refractivity contribution in [2.24, 2.45) is 0 Å². The molecule has 2 rings (SSSR count). The van der Waals surface area contributed by atoms with Crippen LogP contribution < -0.4 is 4.74 Å². The van der Waals surface area contributed by atoms with E-state index in [-0.39, 0.29) is 11.3 Å². The lowest BCUT2D eigenvalue weighted by Crippen LogP contribution is -1.96. The lowest BCUT2D eigenvalue weighted by atomic mass is 10.2. The molecule has 2 aromatic rings. The second-order valence-corrected chi connectivity index (χ2v) is 4.25. The minimum absolute atomic E-state index is 0.124. The predicted octanol–water partition coefficient (Wildman–Crippen LogP) is 2.49. The average Bonchev–Trinajstić information content (AvgIpc) is 2.86. The standard InChI is InChI=1S/C13H15N3O4/c1-2-5-15-8-12(7-14-15)20-11-3-4-13(16(18)19)10(6-11)9-17/h3-4,6-8,17H,2,5,9H2,1H3. The number of aliphatic hydroxyl groups is 1. The molecule has 0 unspecified atom stereocenters. The zero-order valence-electron chi connectivity index (χ0n) is 11.0. The van der Waals surface area contributed by atoms with Crippen LogP contribution in [0.1, 0.15) is 18.9 Å². The Morgan fingerprint density at radius 1 is 1.45 bits per heavy atom. The molecule has 1 heterocycles. The summed E-state index contributed by atoms with van der Waals surface area (Å²) in [5, 5.41) is 24.0. The van der Waals surface area contributed by atoms with Crippen LogP contribution in [-0.4, -0.2) is 19.8 Å². The van der Waals surface area contributed by atoms with Gasteiger partial charge in [0.15, 0.2) is 5.75 Å². The van der Waals surface area contributed by atoms with Crippen LogP contribution in [0.15, 0.2) is 30.6 Å². The molecular formula is C13H15N3O4. The van der Waals surface area contributed by atoms with Gasteiger partial charge in [0.1, 0.15) is 5.75 Å². The second kappa shape index (κ2) is 6.16. The molecule has 0 radical (unpaired) electrons. The monoisotopic (exact) mass is 277 g/mol. The van der Waals surface area contributed by atoms with Crippen molar-refractivity contribution in [3.63, 3.8) is 0 Å². The molecule has 0 spiro atoms. The van der Waals surface area contributed by atoms with Crippen LogP contribution in [0.5, 0.6) is 11.5 Å². The molecule has 7 heteroatoms. The molecule has 0 aliphatic heterocycles. The third-order valence-corrected chi connectivity index (χ3v) is 2.72. The van der Waals surface area contributed by atoms with Crippen LogP contribution in [0.2, 0.25) is 0 Å². The van der Waals surface area contributed by atoms with Crippen molar-refractivity contribution in [2.45, 2.75) is 26.5 Å². The Morgan fingerprint density at radius 3 is 2.90 bits per heavy atom. The summed E-state index contributed by atoms with van der Waals surface area (Å²) in [6.45, 7) is 2.43. The molecule has 0 bridgehead atoms. The number of aromatic nitrogens is 2. The van der Waals surface area contributed by atoms with E-state index in [1.54, 1.807) is 17.1 Å². The van der Waals surface area contributed by atoms with Crippen LogP contribution in [0.4, 0.5) is 5.69 Å². The van der Waals surface area contributed by atoms with E-state index in [0.717, 1.165) is 13.0 Å². The molecule has 0 fully saturated rings. The first-order valence-electron chi connectivity index (χ1n) is 6.22. The number of hydrogen-bond donors (Lipinski definition) is 1. The van der Waals surface area contributed by atoms with Crippen molar-refractivity contribution in [3.8, 4) is 11.5 Å². The molecular weight excluding hydrogens is 262 g/mol. The molecule has 1 aromatic carbocycles. The van der Waals surface area contributed by atoms with Gasteiger partial charge >= 0.3 is 0 Å². The van der Waals surface area contributed by atoms with Crippen LogP contribution in [0, 0.1) is 10.1 Å². The van der Waals surface area contributed by atoms with Gasteiger partial charge in [-0.1, -0.05) is 6.92 Å². The number of rotatable bonds is 6. The summed E-state index contributed by atoms with van der Waals surface area (Å²) in [4.78, 5) is 10.2. The molecule has 0 saturated heterocycles. The number of nitro groups is 1. The van der Waals surface area contributed by atoms with E-state index in [1.165, 1.54) is 18.2 Å². The first-order valence-corrected chi connectivity index (χ1v) is 6.22. The number of aryl methyl sites for hydroxylation is 1. The molecule has 106 valence electrons. The summed E-state index contributed by atoms with van der Waals surface area (Å²) < 4.78 is 7.32. The molecule has 0 amide bonds. The topological polar surface area (TPSA) is 90.4 Å². The van der Waals surface area contributed by atoms with Gasteiger partial charge in [-0.25, -0.2) is 0 Å². The van der Waals surface area contributed by atoms with Crippen LogP contribution in [0.25, 0.3) is 0 Å². The number of benzene rings is 1. The second-order valence-electron chi connectivity index (χ2n) is 4.25. The number of aliphatic hydroxyl groups excluding tert-OH is 1. The van der Waals surface area contributed by atoms with E-state index in [0.29, 0.717) is 11.5 Å². The zero-order chi connectivity index (χ0) is 14.5. The maximum Gasteiger partial charge on any atom is 0.275 e. The SMILES string of the molecule is CCCn1cc(Oc2ccc([N+](=O)[O-])c(CO)c2)cn1. The van der Waals surface area contributed by atoms with Gasteiger partial charge in [0.2, 0.25) is 0 Å². The lowest BCUT2D eigenvalue weighted by molar-refractivity contribution is -0.385. The van der Waals surface area contributed by atoms with Gasteiger partial charge in [-0.3, -0.25) is 14.8 Å². The van der Waals surface area contributed by atoms with Gasteiger partial charge in [0.25, 0.3) is 5.69 Å². The van der Waals surface area contributed by atoms with E-state index >= 15 is 0 Å². The highest BCUT2D eigenvalue weighted by Gasteiger charge is 2.14. The summed E-state index contributed by atoms with van der Waals surface area (Å²) in [5.74, 6) is 0.979. The zero-order valence-corrected chi connectivity index (χ0v) is 11.0. The minimum Gasteiger partial charge on any atom is -0.454 e. The van der Waals surface area contributed by atoms with Gasteiger partial charge in [0, 0.05) is 12.6 Å². The highest BCUT2D eigenvalue weighted by atomic mass is 16.6. The molecule has 0 atom stereocenters. The van der Waals surface area contributed by atoms with E-state index < -0.39 is 11.5 Å². The van der Waals surface area contributed by atoms with E-state index in [9.17, 15) is 10.1 Å². The number of hydrogen-bond acceptors (Lipinski definition) is 5. The first-order chi connectivity index (χ1) is 9.63. The van der Waals surface area contributed by atoms with Crippen molar-refractivity contribution in [1.82, 2.24) is 9.78 Å². The maximum absolute atomic E-state index is 10.8. The van der Waals surface area contributed by atoms with E-state index in [4.69, 9.17) is 9.84 Å². The molecule has 0 aliphatic carbocycles. The Morgan fingerprint density at radius 2 is 2.25 bits per heavy atom. The Kier molecular flexibility index (Phi) is 4.31. The molecule has 1 aromatic heterocycles. The maximum atomic E-state index is 10.8. The summed E-state index contributed by atoms with van der Waals surface area (Å²) in [6.07, 6.45) is 4.30. The van der Waals surface area contributed by atoms with Crippen molar-refractivity contribution in [1.29, 1.82) is 0 Å². The van der Waals surface area contributed by atoms with Crippen molar-refractivity contribution in [2.75, 3.05) is 0 Å². The fourth-order valence-electron chi connectivity index (χ4n) is 1.81. The number of ether oxygens (including phenoxy) is 1. The largest absolute Gasteiger partial charge is 0.454 e. The number of nitrogens with zero attached hydrogens (tertiary/aromatic N) is 3. The summed E-state index contributed by atoms with van der Waals surface area (Å²) >= 11 is 0. The molecule has 0 saturated carbocycles. The van der Waals surface area contributed by atoms with Crippen LogP contribution in [0.3, 0.4) is 0 Å². The first kappa shape index (κ1) is 14.0. The van der Waals surface area contributed by atoms with Crippen LogP contribution >= 0.6 is 0 Å². The van der Waals surface area contributed by atoms with Crippen molar-refractivity contribution >= 4 is 5.69 Å². The Balaban J connectivity index is 2.18. The molecule has 1 N–H and O–H groups in total. The predicted molar refractivity (Wildman–Crippen MR) is 71.6 cm³/mol. The van der Waals surface area contributed by atoms with Gasteiger partial charge in [-0.05, 0) is 18.6 Å². The average molecular weight is 277 g/mol. The fraction of sp³-hybridized carbons (Fsp3) is 0.308. The molecule has 7 nitrogen and oxygen atoms in total. The van der Waals surface area contributed by atoms with Crippen molar-refractivity contribution in [3.05, 3.63) is 46.3 Å².